The van der Waals surface area contributed by atoms with E-state index in [0.29, 0.717) is 11.7 Å². The Bertz CT molecular complexity index is 177. The molecule has 1 rings (SSSR count). The SMILES string of the molecule is CCCC1CCC(=O)C(CCOC)C1. The molecule has 0 aromatic heterocycles. The Morgan fingerprint density at radius 2 is 2.21 bits per heavy atom. The molecule has 0 bridgehead atoms. The summed E-state index contributed by atoms with van der Waals surface area (Å²) in [5, 5.41) is 0. The Morgan fingerprint density at radius 3 is 2.86 bits per heavy atom. The maximum Gasteiger partial charge on any atom is 0.136 e. The first kappa shape index (κ1) is 11.7. The largest absolute Gasteiger partial charge is 0.385 e. The summed E-state index contributed by atoms with van der Waals surface area (Å²) in [5.74, 6) is 1.55. The Hall–Kier alpha value is -0.370. The van der Waals surface area contributed by atoms with E-state index in [1.54, 1.807) is 7.11 Å². The first-order chi connectivity index (χ1) is 6.77. The average molecular weight is 198 g/mol. The van der Waals surface area contributed by atoms with Crippen LogP contribution in [0.25, 0.3) is 0 Å². The van der Waals surface area contributed by atoms with Crippen LogP contribution in [0.4, 0.5) is 0 Å². The van der Waals surface area contributed by atoms with Gasteiger partial charge in [-0.15, -0.1) is 0 Å². The molecule has 0 saturated heterocycles. The molecule has 0 aliphatic heterocycles. The minimum absolute atomic E-state index is 0.292. The number of ether oxygens (including phenoxy) is 1. The lowest BCUT2D eigenvalue weighted by Crippen LogP contribution is -2.25. The fourth-order valence-corrected chi connectivity index (χ4v) is 2.41. The highest BCUT2D eigenvalue weighted by Gasteiger charge is 2.27. The molecular weight excluding hydrogens is 176 g/mol. The van der Waals surface area contributed by atoms with Crippen LogP contribution in [0.15, 0.2) is 0 Å². The third-order valence-electron chi connectivity index (χ3n) is 3.24. The van der Waals surface area contributed by atoms with E-state index in [9.17, 15) is 4.79 Å². The predicted octanol–water partition coefficient (Wildman–Crippen LogP) is 2.81. The summed E-state index contributed by atoms with van der Waals surface area (Å²) >= 11 is 0. The third-order valence-corrected chi connectivity index (χ3v) is 3.24. The van der Waals surface area contributed by atoms with Crippen molar-refractivity contribution in [2.75, 3.05) is 13.7 Å². The van der Waals surface area contributed by atoms with Gasteiger partial charge in [-0.1, -0.05) is 19.8 Å². The van der Waals surface area contributed by atoms with E-state index in [1.165, 1.54) is 12.8 Å². The Kier molecular flexibility index (Phi) is 5.16. The maximum atomic E-state index is 11.6. The summed E-state index contributed by atoms with van der Waals surface area (Å²) < 4.78 is 5.04. The van der Waals surface area contributed by atoms with E-state index < -0.39 is 0 Å². The first-order valence-electron chi connectivity index (χ1n) is 5.79. The fraction of sp³-hybridized carbons (Fsp3) is 0.917. The topological polar surface area (TPSA) is 26.3 Å². The Morgan fingerprint density at radius 1 is 1.43 bits per heavy atom. The number of methoxy groups -OCH3 is 1. The van der Waals surface area contributed by atoms with Gasteiger partial charge in [-0.25, -0.2) is 0 Å². The van der Waals surface area contributed by atoms with Crippen LogP contribution in [0, 0.1) is 11.8 Å². The summed E-state index contributed by atoms with van der Waals surface area (Å²) in [6.07, 6.45) is 6.49. The predicted molar refractivity (Wildman–Crippen MR) is 57.2 cm³/mol. The molecule has 1 aliphatic rings. The van der Waals surface area contributed by atoms with Crippen LogP contribution in [-0.2, 0) is 9.53 Å². The van der Waals surface area contributed by atoms with Gasteiger partial charge in [-0.2, -0.15) is 0 Å². The number of hydrogen-bond donors (Lipinski definition) is 0. The molecule has 1 saturated carbocycles. The number of rotatable bonds is 5. The monoisotopic (exact) mass is 198 g/mol. The number of carbonyl (C=O) groups is 1. The summed E-state index contributed by atoms with van der Waals surface area (Å²) in [4.78, 5) is 11.6. The molecule has 2 atom stereocenters. The molecule has 1 fully saturated rings. The molecule has 14 heavy (non-hydrogen) atoms. The highest BCUT2D eigenvalue weighted by Crippen LogP contribution is 2.31. The van der Waals surface area contributed by atoms with Crippen molar-refractivity contribution in [2.45, 2.75) is 45.4 Å². The molecule has 2 nitrogen and oxygen atoms in total. The quantitative estimate of drug-likeness (QED) is 0.679. The van der Waals surface area contributed by atoms with Crippen LogP contribution in [0.1, 0.15) is 45.4 Å². The minimum atomic E-state index is 0.292. The van der Waals surface area contributed by atoms with Crippen LogP contribution in [-0.4, -0.2) is 19.5 Å². The van der Waals surface area contributed by atoms with E-state index in [-0.39, 0.29) is 0 Å². The molecule has 0 aromatic carbocycles. The molecule has 0 heterocycles. The van der Waals surface area contributed by atoms with E-state index >= 15 is 0 Å². The first-order valence-corrected chi connectivity index (χ1v) is 5.79. The Labute approximate surface area is 87.0 Å². The zero-order valence-corrected chi connectivity index (χ0v) is 9.42. The Balaban J connectivity index is 2.34. The van der Waals surface area contributed by atoms with Gasteiger partial charge >= 0.3 is 0 Å². The van der Waals surface area contributed by atoms with Crippen molar-refractivity contribution in [3.8, 4) is 0 Å². The zero-order chi connectivity index (χ0) is 10.4. The molecule has 0 radical (unpaired) electrons. The van der Waals surface area contributed by atoms with Crippen LogP contribution in [0.2, 0.25) is 0 Å². The summed E-state index contributed by atoms with van der Waals surface area (Å²) in [5.41, 5.74) is 0. The summed E-state index contributed by atoms with van der Waals surface area (Å²) in [7, 11) is 1.71. The molecule has 0 aromatic rings. The molecule has 0 N–H and O–H groups in total. The van der Waals surface area contributed by atoms with Gasteiger partial charge in [-0.3, -0.25) is 4.79 Å². The second-order valence-electron chi connectivity index (χ2n) is 4.37. The molecule has 2 unspecified atom stereocenters. The van der Waals surface area contributed by atoms with Crippen LogP contribution >= 0.6 is 0 Å². The van der Waals surface area contributed by atoms with Gasteiger partial charge in [0.15, 0.2) is 0 Å². The molecule has 1 aliphatic carbocycles. The van der Waals surface area contributed by atoms with Crippen LogP contribution in [0.3, 0.4) is 0 Å². The van der Waals surface area contributed by atoms with Crippen molar-refractivity contribution in [1.29, 1.82) is 0 Å². The highest BCUT2D eigenvalue weighted by molar-refractivity contribution is 5.81. The standard InChI is InChI=1S/C12H22O2/c1-3-4-10-5-6-12(13)11(9-10)7-8-14-2/h10-11H,3-9H2,1-2H3. The van der Waals surface area contributed by atoms with Crippen molar-refractivity contribution in [2.24, 2.45) is 11.8 Å². The van der Waals surface area contributed by atoms with Crippen molar-refractivity contribution >= 4 is 5.78 Å². The van der Waals surface area contributed by atoms with Crippen molar-refractivity contribution in [3.05, 3.63) is 0 Å². The normalized spacial score (nSPS) is 28.0. The van der Waals surface area contributed by atoms with Crippen LogP contribution in [0.5, 0.6) is 0 Å². The molecule has 82 valence electrons. The maximum absolute atomic E-state index is 11.6. The smallest absolute Gasteiger partial charge is 0.136 e. The van der Waals surface area contributed by atoms with Gasteiger partial charge in [0.05, 0.1) is 0 Å². The highest BCUT2D eigenvalue weighted by atomic mass is 16.5. The number of Topliss-reactive ketones (excluding diaryl/α,β-unsaturated/α-hetero) is 1. The van der Waals surface area contributed by atoms with Gasteiger partial charge in [-0.05, 0) is 25.2 Å². The van der Waals surface area contributed by atoms with Crippen molar-refractivity contribution < 1.29 is 9.53 Å². The number of hydrogen-bond acceptors (Lipinski definition) is 2. The van der Waals surface area contributed by atoms with Gasteiger partial charge in [0, 0.05) is 26.1 Å². The zero-order valence-electron chi connectivity index (χ0n) is 9.42. The molecule has 2 heteroatoms. The van der Waals surface area contributed by atoms with E-state index in [0.717, 1.165) is 38.2 Å². The average Bonchev–Trinajstić information content (AvgIpc) is 2.19. The van der Waals surface area contributed by atoms with Gasteiger partial charge in [0.2, 0.25) is 0 Å². The van der Waals surface area contributed by atoms with Crippen LogP contribution < -0.4 is 0 Å². The molecule has 0 amide bonds. The summed E-state index contributed by atoms with van der Waals surface area (Å²) in [6.45, 7) is 2.95. The second-order valence-corrected chi connectivity index (χ2v) is 4.37. The van der Waals surface area contributed by atoms with Gasteiger partial charge < -0.3 is 4.74 Å². The minimum Gasteiger partial charge on any atom is -0.385 e. The lowest BCUT2D eigenvalue weighted by Gasteiger charge is -2.27. The second kappa shape index (κ2) is 6.18. The lowest BCUT2D eigenvalue weighted by atomic mass is 9.77. The van der Waals surface area contributed by atoms with Crippen molar-refractivity contribution in [1.82, 2.24) is 0 Å². The third kappa shape index (κ3) is 3.41. The summed E-state index contributed by atoms with van der Waals surface area (Å²) in [6, 6.07) is 0. The van der Waals surface area contributed by atoms with Gasteiger partial charge in [0.25, 0.3) is 0 Å². The van der Waals surface area contributed by atoms with Crippen molar-refractivity contribution in [3.63, 3.8) is 0 Å². The molecular formula is C12H22O2. The number of carbonyl (C=O) groups excluding carboxylic acids is 1. The van der Waals surface area contributed by atoms with Gasteiger partial charge in [0.1, 0.15) is 5.78 Å². The number of ketones is 1. The van der Waals surface area contributed by atoms with E-state index in [1.807, 2.05) is 0 Å². The van der Waals surface area contributed by atoms with E-state index in [2.05, 4.69) is 6.92 Å². The van der Waals surface area contributed by atoms with E-state index in [4.69, 9.17) is 4.74 Å². The molecule has 0 spiro atoms. The lowest BCUT2D eigenvalue weighted by molar-refractivity contribution is -0.126. The fourth-order valence-electron chi connectivity index (χ4n) is 2.41.